The predicted octanol–water partition coefficient (Wildman–Crippen LogP) is 5.38. The Labute approximate surface area is 166 Å². The van der Waals surface area contributed by atoms with Crippen molar-refractivity contribution in [2.45, 2.75) is 19.9 Å². The highest BCUT2D eigenvalue weighted by molar-refractivity contribution is 7.17. The highest BCUT2D eigenvalue weighted by atomic mass is 32.1. The largest absolute Gasteiger partial charge is 0.497 e. The zero-order chi connectivity index (χ0) is 19.7. The first-order valence-corrected chi connectivity index (χ1v) is 9.72. The van der Waals surface area contributed by atoms with E-state index in [1.165, 1.54) is 16.7 Å². The molecule has 2 aromatic carbocycles. The SMILES string of the molecule is COc1cccc(C(C)Nc2nnc(-c3ccc4c(F)csc4c3)c(C)n2)c1. The lowest BCUT2D eigenvalue weighted by molar-refractivity contribution is 0.414. The maximum Gasteiger partial charge on any atom is 0.243 e. The maximum absolute atomic E-state index is 13.7. The van der Waals surface area contributed by atoms with Gasteiger partial charge in [-0.15, -0.1) is 21.5 Å². The van der Waals surface area contributed by atoms with E-state index >= 15 is 0 Å². The van der Waals surface area contributed by atoms with Crippen molar-refractivity contribution in [3.05, 3.63) is 64.9 Å². The molecular formula is C21H19FN4OS. The van der Waals surface area contributed by atoms with Gasteiger partial charge >= 0.3 is 0 Å². The number of anilines is 1. The summed E-state index contributed by atoms with van der Waals surface area (Å²) in [5.74, 6) is 1.07. The summed E-state index contributed by atoms with van der Waals surface area (Å²) >= 11 is 1.37. The quantitative estimate of drug-likeness (QED) is 0.492. The molecule has 0 aliphatic carbocycles. The molecule has 2 heterocycles. The molecule has 1 N–H and O–H groups in total. The number of thiophene rings is 1. The molecule has 0 aliphatic rings. The van der Waals surface area contributed by atoms with Crippen LogP contribution in [0.15, 0.2) is 47.8 Å². The van der Waals surface area contributed by atoms with Crippen LogP contribution in [0, 0.1) is 12.7 Å². The normalized spacial score (nSPS) is 12.1. The Morgan fingerprint density at radius 2 is 2.00 bits per heavy atom. The second-order valence-electron chi connectivity index (χ2n) is 6.51. The van der Waals surface area contributed by atoms with Crippen molar-refractivity contribution >= 4 is 27.4 Å². The Hall–Kier alpha value is -3.06. The summed E-state index contributed by atoms with van der Waals surface area (Å²) in [5.41, 5.74) is 3.39. The third-order valence-electron chi connectivity index (χ3n) is 4.60. The highest BCUT2D eigenvalue weighted by Gasteiger charge is 2.13. The van der Waals surface area contributed by atoms with E-state index in [4.69, 9.17) is 4.74 Å². The molecule has 0 fully saturated rings. The lowest BCUT2D eigenvalue weighted by Crippen LogP contribution is -2.11. The number of aromatic nitrogens is 3. The smallest absolute Gasteiger partial charge is 0.243 e. The van der Waals surface area contributed by atoms with Crippen LogP contribution in [-0.2, 0) is 0 Å². The van der Waals surface area contributed by atoms with Gasteiger partial charge in [0.05, 0.1) is 18.8 Å². The van der Waals surface area contributed by atoms with Gasteiger partial charge in [0, 0.05) is 21.0 Å². The van der Waals surface area contributed by atoms with Crippen molar-refractivity contribution in [3.8, 4) is 17.0 Å². The van der Waals surface area contributed by atoms with E-state index < -0.39 is 0 Å². The molecule has 0 aliphatic heterocycles. The van der Waals surface area contributed by atoms with Crippen LogP contribution in [0.3, 0.4) is 0 Å². The van der Waals surface area contributed by atoms with Crippen LogP contribution in [-0.4, -0.2) is 22.3 Å². The maximum atomic E-state index is 13.7. The summed E-state index contributed by atoms with van der Waals surface area (Å²) in [6.07, 6.45) is 0. The summed E-state index contributed by atoms with van der Waals surface area (Å²) in [6.45, 7) is 3.92. The molecule has 0 spiro atoms. The van der Waals surface area contributed by atoms with E-state index in [0.717, 1.165) is 27.3 Å². The van der Waals surface area contributed by atoms with Crippen LogP contribution in [0.2, 0.25) is 0 Å². The van der Waals surface area contributed by atoms with E-state index in [2.05, 4.69) is 20.5 Å². The van der Waals surface area contributed by atoms with Crippen molar-refractivity contribution in [1.29, 1.82) is 0 Å². The van der Waals surface area contributed by atoms with Crippen molar-refractivity contribution in [3.63, 3.8) is 0 Å². The first-order chi connectivity index (χ1) is 13.5. The van der Waals surface area contributed by atoms with Gasteiger partial charge in [0.2, 0.25) is 5.95 Å². The van der Waals surface area contributed by atoms with Crippen molar-refractivity contribution in [2.24, 2.45) is 0 Å². The standard InChI is InChI=1S/C21H19FN4OS/c1-12(14-5-4-6-16(9-14)27-3)23-21-24-13(2)20(25-26-21)15-7-8-17-18(22)11-28-19(17)10-15/h4-12H,1-3H3,(H,23,24,26). The Morgan fingerprint density at radius 1 is 1.14 bits per heavy atom. The van der Waals surface area contributed by atoms with Crippen LogP contribution >= 0.6 is 11.3 Å². The fourth-order valence-corrected chi connectivity index (χ4v) is 3.91. The summed E-state index contributed by atoms with van der Waals surface area (Å²) < 4.78 is 19.8. The second kappa shape index (κ2) is 7.52. The first-order valence-electron chi connectivity index (χ1n) is 8.84. The molecule has 4 rings (SSSR count). The zero-order valence-corrected chi connectivity index (χ0v) is 16.5. The molecule has 1 unspecified atom stereocenters. The Balaban J connectivity index is 1.58. The summed E-state index contributed by atoms with van der Waals surface area (Å²) in [4.78, 5) is 4.56. The second-order valence-corrected chi connectivity index (χ2v) is 7.42. The highest BCUT2D eigenvalue weighted by Crippen LogP contribution is 2.30. The van der Waals surface area contributed by atoms with E-state index in [1.54, 1.807) is 13.2 Å². The number of halogens is 1. The van der Waals surface area contributed by atoms with E-state index in [0.29, 0.717) is 17.0 Å². The monoisotopic (exact) mass is 394 g/mol. The number of methoxy groups -OCH3 is 1. The van der Waals surface area contributed by atoms with Gasteiger partial charge in [-0.1, -0.05) is 18.2 Å². The summed E-state index contributed by atoms with van der Waals surface area (Å²) in [7, 11) is 1.65. The third kappa shape index (κ3) is 3.53. The molecule has 5 nitrogen and oxygen atoms in total. The predicted molar refractivity (Wildman–Crippen MR) is 110 cm³/mol. The molecule has 0 bridgehead atoms. The Kier molecular flexibility index (Phi) is 4.92. The molecule has 7 heteroatoms. The Morgan fingerprint density at radius 3 is 2.79 bits per heavy atom. The molecule has 4 aromatic rings. The minimum Gasteiger partial charge on any atom is -0.497 e. The molecule has 0 amide bonds. The van der Waals surface area contributed by atoms with Crippen LogP contribution in [0.4, 0.5) is 10.3 Å². The van der Waals surface area contributed by atoms with Gasteiger partial charge in [-0.2, -0.15) is 0 Å². The molecule has 0 saturated carbocycles. The van der Waals surface area contributed by atoms with E-state index in [9.17, 15) is 4.39 Å². The molecule has 142 valence electrons. The van der Waals surface area contributed by atoms with Crippen LogP contribution in [0.5, 0.6) is 5.75 Å². The lowest BCUT2D eigenvalue weighted by Gasteiger charge is -2.15. The fourth-order valence-electron chi connectivity index (χ4n) is 3.06. The average molecular weight is 394 g/mol. The van der Waals surface area contributed by atoms with E-state index in [-0.39, 0.29) is 11.9 Å². The number of rotatable bonds is 5. The van der Waals surface area contributed by atoms with E-state index in [1.807, 2.05) is 50.2 Å². The van der Waals surface area contributed by atoms with Gasteiger partial charge in [-0.25, -0.2) is 9.37 Å². The molecule has 0 saturated heterocycles. The van der Waals surface area contributed by atoms with Crippen LogP contribution in [0.25, 0.3) is 21.3 Å². The number of hydrogen-bond donors (Lipinski definition) is 1. The van der Waals surface area contributed by atoms with Crippen LogP contribution < -0.4 is 10.1 Å². The number of aryl methyl sites for hydroxylation is 1. The minimum atomic E-state index is -0.196. The number of benzene rings is 2. The van der Waals surface area contributed by atoms with Crippen molar-refractivity contribution in [2.75, 3.05) is 12.4 Å². The molecule has 2 aromatic heterocycles. The van der Waals surface area contributed by atoms with Gasteiger partial charge in [0.1, 0.15) is 17.3 Å². The third-order valence-corrected chi connectivity index (χ3v) is 5.52. The number of nitrogens with one attached hydrogen (secondary N) is 1. The summed E-state index contributed by atoms with van der Waals surface area (Å²) in [6, 6.07) is 13.4. The summed E-state index contributed by atoms with van der Waals surface area (Å²) in [5, 5.41) is 14.0. The topological polar surface area (TPSA) is 59.9 Å². The molecule has 0 radical (unpaired) electrons. The first kappa shape index (κ1) is 18.3. The number of ether oxygens (including phenoxy) is 1. The van der Waals surface area contributed by atoms with Gasteiger partial charge in [0.25, 0.3) is 0 Å². The zero-order valence-electron chi connectivity index (χ0n) is 15.7. The average Bonchev–Trinajstić information content (AvgIpc) is 3.08. The molecule has 1 atom stereocenters. The van der Waals surface area contributed by atoms with Crippen molar-refractivity contribution < 1.29 is 9.13 Å². The molecule has 28 heavy (non-hydrogen) atoms. The number of hydrogen-bond acceptors (Lipinski definition) is 6. The fraction of sp³-hybridized carbons (Fsp3) is 0.190. The number of nitrogens with zero attached hydrogens (tertiary/aromatic N) is 3. The Bertz CT molecular complexity index is 1140. The number of fused-ring (bicyclic) bond motifs is 1. The van der Waals surface area contributed by atoms with Gasteiger partial charge < -0.3 is 10.1 Å². The minimum absolute atomic E-state index is 0.00686. The van der Waals surface area contributed by atoms with Gasteiger partial charge in [-0.05, 0) is 43.7 Å². The van der Waals surface area contributed by atoms with Gasteiger partial charge in [-0.3, -0.25) is 0 Å². The molecular weight excluding hydrogens is 375 g/mol. The van der Waals surface area contributed by atoms with Crippen LogP contribution in [0.1, 0.15) is 24.2 Å². The van der Waals surface area contributed by atoms with Crippen molar-refractivity contribution in [1.82, 2.24) is 15.2 Å². The van der Waals surface area contributed by atoms with Gasteiger partial charge in [0.15, 0.2) is 0 Å². The lowest BCUT2D eigenvalue weighted by atomic mass is 10.1.